The lowest BCUT2D eigenvalue weighted by molar-refractivity contribution is -0.123. The zero-order valence-electron chi connectivity index (χ0n) is 18.8. The highest BCUT2D eigenvalue weighted by molar-refractivity contribution is 8.02. The van der Waals surface area contributed by atoms with Gasteiger partial charge in [-0.1, -0.05) is 42.5 Å². The van der Waals surface area contributed by atoms with Gasteiger partial charge in [-0.2, -0.15) is 0 Å². The molecule has 2 unspecified atom stereocenters. The molecule has 1 aliphatic heterocycles. The number of benzene rings is 2. The number of thioether (sulfide) groups is 1. The molecule has 2 amide bonds. The van der Waals surface area contributed by atoms with Crippen molar-refractivity contribution >= 4 is 40.7 Å². The van der Waals surface area contributed by atoms with E-state index in [9.17, 15) is 18.4 Å². The molecule has 9 nitrogen and oxygen atoms in total. The van der Waals surface area contributed by atoms with Crippen molar-refractivity contribution in [1.29, 1.82) is 0 Å². The van der Waals surface area contributed by atoms with E-state index in [4.69, 9.17) is 4.74 Å². The molecule has 1 heterocycles. The molecule has 0 saturated carbocycles. The van der Waals surface area contributed by atoms with Gasteiger partial charge in [0.2, 0.25) is 5.91 Å². The maximum Gasteiger partial charge on any atom is 0.407 e. The van der Waals surface area contributed by atoms with Crippen molar-refractivity contribution in [2.24, 2.45) is 0 Å². The second kappa shape index (κ2) is 12.4. The Kier molecular flexibility index (Phi) is 9.37. The Hall–Kier alpha value is -3.02. The highest BCUT2D eigenvalue weighted by Crippen LogP contribution is 2.24. The number of methoxy groups -OCH3 is 1. The number of hydrogen-bond acceptors (Lipinski definition) is 7. The van der Waals surface area contributed by atoms with Crippen LogP contribution in [0, 0.1) is 0 Å². The molecule has 2 aromatic rings. The van der Waals surface area contributed by atoms with Crippen LogP contribution in [0.4, 0.5) is 10.5 Å². The molecular weight excluding hydrogens is 476 g/mol. The standard InChI is InChI=1S/C23H28N4O5S2/c1-15-24-21(14-33-15)19(12-17-8-10-18(11-9-17)27-34(30)31)25-22(28)20(26-23(29)32-2)13-16-6-4-3-5-7-16/h3-11,14-15,19-20,24,27H,12-13H2,1-2H3,(H,25,28)(H,26,29)(H,30,31)/p-1/t15?,19-,20-/m0/s1. The van der Waals surface area contributed by atoms with Crippen molar-refractivity contribution in [2.75, 3.05) is 11.8 Å². The smallest absolute Gasteiger partial charge is 0.407 e. The fraction of sp³-hybridized carbons (Fsp3) is 0.304. The average molecular weight is 504 g/mol. The number of ether oxygens (including phenoxy) is 1. The van der Waals surface area contributed by atoms with Gasteiger partial charge in [0.05, 0.1) is 18.5 Å². The summed E-state index contributed by atoms with van der Waals surface area (Å²) < 4.78 is 28.7. The number of carbonyl (C=O) groups is 2. The molecule has 0 bridgehead atoms. The summed E-state index contributed by atoms with van der Waals surface area (Å²) in [6.07, 6.45) is 0.0853. The molecule has 2 aromatic carbocycles. The van der Waals surface area contributed by atoms with Gasteiger partial charge in [-0.05, 0) is 42.0 Å². The van der Waals surface area contributed by atoms with Gasteiger partial charge in [0, 0.05) is 29.1 Å². The molecule has 0 radical (unpaired) electrons. The Balaban J connectivity index is 1.77. The molecule has 0 aliphatic carbocycles. The summed E-state index contributed by atoms with van der Waals surface area (Å²) in [5.41, 5.74) is 3.12. The number of alkyl carbamates (subject to hydrolysis) is 1. The van der Waals surface area contributed by atoms with Crippen LogP contribution in [0.25, 0.3) is 0 Å². The second-order valence-corrected chi connectivity index (χ2v) is 9.56. The van der Waals surface area contributed by atoms with Gasteiger partial charge >= 0.3 is 6.09 Å². The van der Waals surface area contributed by atoms with E-state index in [1.54, 1.807) is 36.0 Å². The third-order valence-corrected chi connectivity index (χ3v) is 6.45. The molecule has 0 saturated heterocycles. The first-order chi connectivity index (χ1) is 16.3. The van der Waals surface area contributed by atoms with E-state index in [1.807, 2.05) is 42.7 Å². The molecule has 11 heteroatoms. The minimum atomic E-state index is -2.40. The maximum atomic E-state index is 13.3. The average Bonchev–Trinajstić information content (AvgIpc) is 3.25. The van der Waals surface area contributed by atoms with Gasteiger partial charge in [-0.3, -0.25) is 9.00 Å². The van der Waals surface area contributed by atoms with Crippen molar-refractivity contribution in [3.05, 3.63) is 76.8 Å². The topological polar surface area (TPSA) is 132 Å². The minimum Gasteiger partial charge on any atom is -0.755 e. The number of anilines is 1. The summed E-state index contributed by atoms with van der Waals surface area (Å²) in [6.45, 7) is 2.02. The molecule has 0 spiro atoms. The Bertz CT molecular complexity index is 1030. The SMILES string of the molecule is COC(=O)N[C@@H](Cc1ccccc1)C(=O)N[C@@H](Cc1ccc(NS(=O)[O-])cc1)C1=CSC(C)N1. The van der Waals surface area contributed by atoms with E-state index in [0.29, 0.717) is 18.5 Å². The summed E-state index contributed by atoms with van der Waals surface area (Å²) in [5.74, 6) is -0.341. The van der Waals surface area contributed by atoms with Crippen LogP contribution in [-0.2, 0) is 33.6 Å². The summed E-state index contributed by atoms with van der Waals surface area (Å²) in [6, 6.07) is 15.1. The molecule has 0 fully saturated rings. The van der Waals surface area contributed by atoms with E-state index in [-0.39, 0.29) is 17.3 Å². The lowest BCUT2D eigenvalue weighted by atomic mass is 10.0. The Morgan fingerprint density at radius 3 is 2.35 bits per heavy atom. The normalized spacial score (nSPS) is 17.5. The van der Waals surface area contributed by atoms with Crippen molar-refractivity contribution < 1.29 is 23.1 Å². The third kappa shape index (κ3) is 7.79. The summed E-state index contributed by atoms with van der Waals surface area (Å²) >= 11 is -0.786. The van der Waals surface area contributed by atoms with Crippen LogP contribution >= 0.6 is 11.8 Å². The van der Waals surface area contributed by atoms with E-state index >= 15 is 0 Å². The van der Waals surface area contributed by atoms with Crippen molar-refractivity contribution in [3.63, 3.8) is 0 Å². The van der Waals surface area contributed by atoms with Crippen molar-refractivity contribution in [1.82, 2.24) is 16.0 Å². The van der Waals surface area contributed by atoms with Gasteiger partial charge in [0.1, 0.15) is 6.04 Å². The van der Waals surface area contributed by atoms with Crippen LogP contribution in [-0.4, -0.2) is 45.3 Å². The molecule has 3 rings (SSSR count). The minimum absolute atomic E-state index is 0.168. The fourth-order valence-corrected chi connectivity index (χ4v) is 4.59. The van der Waals surface area contributed by atoms with E-state index in [0.717, 1.165) is 16.8 Å². The zero-order chi connectivity index (χ0) is 24.5. The number of carbonyl (C=O) groups excluding carboxylic acids is 2. The Morgan fingerprint density at radius 1 is 1.09 bits per heavy atom. The van der Waals surface area contributed by atoms with Crippen molar-refractivity contribution in [2.45, 2.75) is 37.2 Å². The predicted octanol–water partition coefficient (Wildman–Crippen LogP) is 2.41. The van der Waals surface area contributed by atoms with Gasteiger partial charge < -0.3 is 30.0 Å². The lowest BCUT2D eigenvalue weighted by Gasteiger charge is -2.25. The molecule has 4 atom stereocenters. The fourth-order valence-electron chi connectivity index (χ4n) is 3.47. The zero-order valence-corrected chi connectivity index (χ0v) is 20.4. The van der Waals surface area contributed by atoms with Gasteiger partial charge in [-0.15, -0.1) is 11.8 Å². The number of rotatable bonds is 10. The van der Waals surface area contributed by atoms with Gasteiger partial charge in [-0.25, -0.2) is 4.79 Å². The summed E-state index contributed by atoms with van der Waals surface area (Å²) in [5, 5.41) is 11.2. The first-order valence-corrected chi connectivity index (χ1v) is 12.6. The van der Waals surface area contributed by atoms with Crippen LogP contribution in [0.15, 0.2) is 65.7 Å². The molecule has 1 aliphatic rings. The maximum absolute atomic E-state index is 13.3. The number of nitrogens with one attached hydrogen (secondary N) is 4. The highest BCUT2D eigenvalue weighted by atomic mass is 32.2. The molecule has 4 N–H and O–H groups in total. The van der Waals surface area contributed by atoms with E-state index < -0.39 is 23.4 Å². The monoisotopic (exact) mass is 503 g/mol. The molecule has 0 aromatic heterocycles. The van der Waals surface area contributed by atoms with Gasteiger partial charge in [0.25, 0.3) is 0 Å². The largest absolute Gasteiger partial charge is 0.755 e. The second-order valence-electron chi connectivity index (χ2n) is 7.67. The first kappa shape index (κ1) is 25.6. The quantitative estimate of drug-likeness (QED) is 0.366. The van der Waals surface area contributed by atoms with Crippen LogP contribution < -0.4 is 20.7 Å². The number of hydrogen-bond donors (Lipinski definition) is 4. The Morgan fingerprint density at radius 2 is 1.76 bits per heavy atom. The van der Waals surface area contributed by atoms with Crippen LogP contribution in [0.2, 0.25) is 0 Å². The van der Waals surface area contributed by atoms with E-state index in [2.05, 4.69) is 20.7 Å². The lowest BCUT2D eigenvalue weighted by Crippen LogP contribution is -2.52. The van der Waals surface area contributed by atoms with Crippen LogP contribution in [0.1, 0.15) is 18.1 Å². The summed E-state index contributed by atoms with van der Waals surface area (Å²) in [7, 11) is 1.25. The Labute approximate surface area is 205 Å². The van der Waals surface area contributed by atoms with Crippen LogP contribution in [0.3, 0.4) is 0 Å². The summed E-state index contributed by atoms with van der Waals surface area (Å²) in [4.78, 5) is 25.2. The molecule has 34 heavy (non-hydrogen) atoms. The van der Waals surface area contributed by atoms with Crippen LogP contribution in [0.5, 0.6) is 0 Å². The third-order valence-electron chi connectivity index (χ3n) is 5.13. The predicted molar refractivity (Wildman–Crippen MR) is 132 cm³/mol. The molecule has 182 valence electrons. The van der Waals surface area contributed by atoms with Gasteiger partial charge in [0.15, 0.2) is 0 Å². The first-order valence-electron chi connectivity index (χ1n) is 10.6. The number of amides is 2. The molecular formula is C23H27N4O5S2-. The van der Waals surface area contributed by atoms with Crippen molar-refractivity contribution in [3.8, 4) is 0 Å². The highest BCUT2D eigenvalue weighted by Gasteiger charge is 2.28. The van der Waals surface area contributed by atoms with E-state index in [1.165, 1.54) is 7.11 Å².